The quantitative estimate of drug-likeness (QED) is 0.865. The SMILES string of the molecule is CC(C)C(O)C(C)(C)CNC(=O)c1ccccc1C#N. The Hall–Kier alpha value is -1.86. The average Bonchev–Trinajstić information content (AvgIpc) is 2.43. The Kier molecular flexibility index (Phi) is 5.29. The number of amides is 1. The zero-order valence-electron chi connectivity index (χ0n) is 12.5. The molecule has 1 amide bonds. The zero-order valence-corrected chi connectivity index (χ0v) is 12.5. The fourth-order valence-electron chi connectivity index (χ4n) is 2.19. The molecule has 0 radical (unpaired) electrons. The van der Waals surface area contributed by atoms with Crippen LogP contribution in [-0.2, 0) is 0 Å². The van der Waals surface area contributed by atoms with Gasteiger partial charge in [0.1, 0.15) is 0 Å². The van der Waals surface area contributed by atoms with Crippen LogP contribution in [0.4, 0.5) is 0 Å². The maximum atomic E-state index is 12.1. The number of nitrogens with zero attached hydrogens (tertiary/aromatic N) is 1. The number of nitriles is 1. The van der Waals surface area contributed by atoms with Crippen LogP contribution in [0, 0.1) is 22.7 Å². The van der Waals surface area contributed by atoms with E-state index in [0.29, 0.717) is 17.7 Å². The number of carbonyl (C=O) groups is 1. The van der Waals surface area contributed by atoms with E-state index >= 15 is 0 Å². The van der Waals surface area contributed by atoms with Crippen molar-refractivity contribution in [2.75, 3.05) is 6.54 Å². The van der Waals surface area contributed by atoms with Gasteiger partial charge in [-0.25, -0.2) is 0 Å². The number of benzene rings is 1. The van der Waals surface area contributed by atoms with Gasteiger partial charge in [0.2, 0.25) is 0 Å². The van der Waals surface area contributed by atoms with Crippen LogP contribution in [0.5, 0.6) is 0 Å². The molecule has 0 heterocycles. The first-order valence-corrected chi connectivity index (χ1v) is 6.75. The van der Waals surface area contributed by atoms with Crippen molar-refractivity contribution in [3.8, 4) is 6.07 Å². The molecular formula is C16H22N2O2. The molecule has 4 nitrogen and oxygen atoms in total. The molecule has 1 unspecified atom stereocenters. The molecular weight excluding hydrogens is 252 g/mol. The summed E-state index contributed by atoms with van der Waals surface area (Å²) in [6.45, 7) is 8.06. The summed E-state index contributed by atoms with van der Waals surface area (Å²) in [5, 5.41) is 21.9. The number of aliphatic hydroxyl groups excluding tert-OH is 1. The molecule has 0 aliphatic carbocycles. The molecule has 1 aromatic carbocycles. The fourth-order valence-corrected chi connectivity index (χ4v) is 2.19. The van der Waals surface area contributed by atoms with Crippen molar-refractivity contribution in [2.24, 2.45) is 11.3 Å². The van der Waals surface area contributed by atoms with Crippen molar-refractivity contribution in [1.82, 2.24) is 5.32 Å². The second-order valence-electron chi connectivity index (χ2n) is 6.02. The molecule has 0 saturated heterocycles. The van der Waals surface area contributed by atoms with Gasteiger partial charge in [-0.15, -0.1) is 0 Å². The lowest BCUT2D eigenvalue weighted by Crippen LogP contribution is -2.43. The van der Waals surface area contributed by atoms with Crippen molar-refractivity contribution in [3.05, 3.63) is 35.4 Å². The van der Waals surface area contributed by atoms with Crippen molar-refractivity contribution >= 4 is 5.91 Å². The summed E-state index contributed by atoms with van der Waals surface area (Å²) < 4.78 is 0. The zero-order chi connectivity index (χ0) is 15.3. The lowest BCUT2D eigenvalue weighted by molar-refractivity contribution is 0.0138. The van der Waals surface area contributed by atoms with E-state index in [1.165, 1.54) is 0 Å². The summed E-state index contributed by atoms with van der Waals surface area (Å²) in [7, 11) is 0. The van der Waals surface area contributed by atoms with E-state index in [9.17, 15) is 9.90 Å². The van der Waals surface area contributed by atoms with Crippen molar-refractivity contribution in [3.63, 3.8) is 0 Å². The largest absolute Gasteiger partial charge is 0.392 e. The van der Waals surface area contributed by atoms with E-state index in [2.05, 4.69) is 5.32 Å². The van der Waals surface area contributed by atoms with Gasteiger partial charge in [-0.3, -0.25) is 4.79 Å². The molecule has 1 aromatic rings. The normalized spacial score (nSPS) is 12.8. The lowest BCUT2D eigenvalue weighted by Gasteiger charge is -2.33. The third kappa shape index (κ3) is 3.82. The summed E-state index contributed by atoms with van der Waals surface area (Å²) in [5.74, 6) is -0.167. The molecule has 0 spiro atoms. The van der Waals surface area contributed by atoms with Crippen molar-refractivity contribution in [1.29, 1.82) is 5.26 Å². The van der Waals surface area contributed by atoms with Crippen LogP contribution in [0.25, 0.3) is 0 Å². The first-order chi connectivity index (χ1) is 9.29. The number of carbonyl (C=O) groups excluding carboxylic acids is 1. The molecule has 1 atom stereocenters. The van der Waals surface area contributed by atoms with E-state index in [-0.39, 0.29) is 11.8 Å². The first kappa shape index (κ1) is 16.2. The minimum Gasteiger partial charge on any atom is -0.392 e. The summed E-state index contributed by atoms with van der Waals surface area (Å²) in [4.78, 5) is 12.1. The Bertz CT molecular complexity index is 515. The third-order valence-corrected chi connectivity index (χ3v) is 3.43. The minimum atomic E-state index is -0.506. The van der Waals surface area contributed by atoms with Gasteiger partial charge >= 0.3 is 0 Å². The van der Waals surface area contributed by atoms with Gasteiger partial charge in [-0.05, 0) is 18.1 Å². The third-order valence-electron chi connectivity index (χ3n) is 3.43. The summed E-state index contributed by atoms with van der Waals surface area (Å²) >= 11 is 0. The molecule has 4 heteroatoms. The molecule has 1 rings (SSSR count). The smallest absolute Gasteiger partial charge is 0.252 e. The molecule has 0 aliphatic heterocycles. The second kappa shape index (κ2) is 6.53. The second-order valence-corrected chi connectivity index (χ2v) is 6.02. The van der Waals surface area contributed by atoms with Crippen LogP contribution in [-0.4, -0.2) is 23.7 Å². The number of hydrogen-bond donors (Lipinski definition) is 2. The molecule has 108 valence electrons. The van der Waals surface area contributed by atoms with E-state index in [0.717, 1.165) is 0 Å². The maximum absolute atomic E-state index is 12.1. The van der Waals surface area contributed by atoms with Crippen LogP contribution in [0.15, 0.2) is 24.3 Å². The predicted molar refractivity (Wildman–Crippen MR) is 78.1 cm³/mol. The molecule has 0 saturated carbocycles. The van der Waals surface area contributed by atoms with Crippen LogP contribution in [0.1, 0.15) is 43.6 Å². The molecule has 0 bridgehead atoms. The molecule has 2 N–H and O–H groups in total. The van der Waals surface area contributed by atoms with E-state index in [1.54, 1.807) is 24.3 Å². The Balaban J connectivity index is 2.76. The Labute approximate surface area is 120 Å². The van der Waals surface area contributed by atoms with Gasteiger partial charge in [-0.1, -0.05) is 39.8 Å². The van der Waals surface area contributed by atoms with Crippen LogP contribution >= 0.6 is 0 Å². The van der Waals surface area contributed by atoms with Gasteiger partial charge in [0.25, 0.3) is 5.91 Å². The highest BCUT2D eigenvalue weighted by atomic mass is 16.3. The number of aliphatic hydroxyl groups is 1. The van der Waals surface area contributed by atoms with E-state index in [1.807, 2.05) is 33.8 Å². The number of rotatable bonds is 5. The predicted octanol–water partition coefficient (Wildman–Crippen LogP) is 2.33. The topological polar surface area (TPSA) is 73.1 Å². The van der Waals surface area contributed by atoms with Crippen molar-refractivity contribution < 1.29 is 9.90 Å². The van der Waals surface area contributed by atoms with Gasteiger partial charge < -0.3 is 10.4 Å². The Morgan fingerprint density at radius 1 is 1.40 bits per heavy atom. The molecule has 0 fully saturated rings. The van der Waals surface area contributed by atoms with Crippen LogP contribution in [0.3, 0.4) is 0 Å². The summed E-state index contributed by atoms with van der Waals surface area (Å²) in [5.41, 5.74) is 0.294. The van der Waals surface area contributed by atoms with Crippen LogP contribution < -0.4 is 5.32 Å². The fraction of sp³-hybridized carbons (Fsp3) is 0.500. The number of nitrogens with one attached hydrogen (secondary N) is 1. The molecule has 0 aliphatic rings. The molecule has 20 heavy (non-hydrogen) atoms. The Morgan fingerprint density at radius 2 is 2.00 bits per heavy atom. The molecule has 0 aromatic heterocycles. The highest BCUT2D eigenvalue weighted by Gasteiger charge is 2.30. The number of hydrogen-bond acceptors (Lipinski definition) is 3. The van der Waals surface area contributed by atoms with E-state index < -0.39 is 11.5 Å². The standard InChI is InChI=1S/C16H22N2O2/c1-11(2)14(19)16(3,4)10-18-15(20)13-8-6-5-7-12(13)9-17/h5-8,11,14,19H,10H2,1-4H3,(H,18,20). The van der Waals surface area contributed by atoms with Crippen molar-refractivity contribution in [2.45, 2.75) is 33.8 Å². The van der Waals surface area contributed by atoms with Gasteiger partial charge in [0, 0.05) is 12.0 Å². The summed E-state index contributed by atoms with van der Waals surface area (Å²) in [6, 6.07) is 8.69. The minimum absolute atomic E-state index is 0.119. The first-order valence-electron chi connectivity index (χ1n) is 6.75. The highest BCUT2D eigenvalue weighted by molar-refractivity contribution is 5.96. The van der Waals surface area contributed by atoms with Crippen LogP contribution in [0.2, 0.25) is 0 Å². The van der Waals surface area contributed by atoms with Gasteiger partial charge in [0.15, 0.2) is 0 Å². The lowest BCUT2D eigenvalue weighted by atomic mass is 9.80. The summed E-state index contributed by atoms with van der Waals surface area (Å²) in [6.07, 6.45) is -0.506. The Morgan fingerprint density at radius 3 is 2.55 bits per heavy atom. The van der Waals surface area contributed by atoms with Gasteiger partial charge in [0.05, 0.1) is 23.3 Å². The monoisotopic (exact) mass is 274 g/mol. The average molecular weight is 274 g/mol. The maximum Gasteiger partial charge on any atom is 0.252 e. The van der Waals surface area contributed by atoms with Gasteiger partial charge in [-0.2, -0.15) is 5.26 Å². The van der Waals surface area contributed by atoms with E-state index in [4.69, 9.17) is 5.26 Å². The highest BCUT2D eigenvalue weighted by Crippen LogP contribution is 2.25.